The number of hydrogen-bond acceptors (Lipinski definition) is 5. The molecule has 0 radical (unpaired) electrons. The number of ketones is 1. The van der Waals surface area contributed by atoms with Crippen LogP contribution in [0.3, 0.4) is 0 Å². The van der Waals surface area contributed by atoms with Crippen molar-refractivity contribution in [2.45, 2.75) is 13.1 Å². The van der Waals surface area contributed by atoms with E-state index in [1.165, 1.54) is 31.2 Å². The number of Topliss-reactive ketones (excluding diaryl/α,β-unsaturated/α-hetero) is 1. The molecule has 0 aliphatic heterocycles. The summed E-state index contributed by atoms with van der Waals surface area (Å²) >= 11 is 0. The second-order valence-electron chi connectivity index (χ2n) is 5.66. The van der Waals surface area contributed by atoms with Crippen LogP contribution >= 0.6 is 0 Å². The van der Waals surface area contributed by atoms with Crippen LogP contribution in [0.15, 0.2) is 57.9 Å². The third-order valence-electron chi connectivity index (χ3n) is 3.75. The van der Waals surface area contributed by atoms with Gasteiger partial charge in [-0.1, -0.05) is 0 Å². The molecular weight excluding hydrogens is 365 g/mol. The van der Waals surface area contributed by atoms with Gasteiger partial charge in [-0.05, 0) is 43.3 Å². The summed E-state index contributed by atoms with van der Waals surface area (Å²) in [6, 6.07) is 9.31. The van der Waals surface area contributed by atoms with Crippen LogP contribution < -0.4 is 5.55 Å². The number of nitro benzene ring substituents is 1. The zero-order valence-electron chi connectivity index (χ0n) is 13.8. The van der Waals surface area contributed by atoms with Gasteiger partial charge in [-0.25, -0.2) is 4.99 Å². The third kappa shape index (κ3) is 3.86. The number of nitro groups is 1. The Hall–Kier alpha value is -3.49. The van der Waals surface area contributed by atoms with Gasteiger partial charge in [0.05, 0.1) is 21.7 Å². The average molecular weight is 376 g/mol. The molecule has 0 saturated heterocycles. The Morgan fingerprint density at radius 2 is 1.78 bits per heavy atom. The van der Waals surface area contributed by atoms with E-state index in [9.17, 15) is 28.1 Å². The van der Waals surface area contributed by atoms with Crippen LogP contribution in [0, 0.1) is 10.1 Å². The molecule has 9 heteroatoms. The first-order valence-corrected chi connectivity index (χ1v) is 7.60. The van der Waals surface area contributed by atoms with Crippen LogP contribution in [-0.2, 0) is 6.18 Å². The van der Waals surface area contributed by atoms with Crippen molar-refractivity contribution in [3.8, 4) is 0 Å². The Kier molecular flexibility index (Phi) is 4.52. The molecule has 0 bridgehead atoms. The highest BCUT2D eigenvalue weighted by Crippen LogP contribution is 2.30. The summed E-state index contributed by atoms with van der Waals surface area (Å²) < 4.78 is 43.5. The smallest absolute Gasteiger partial charge is 0.416 e. The Bertz CT molecular complexity index is 1120. The van der Waals surface area contributed by atoms with E-state index in [0.29, 0.717) is 5.39 Å². The standard InChI is InChI=1S/C18H11F3N2O4/c1-10(24)15-9-11-8-14(23(25)26)6-7-16(11)27-17(15)22-13-4-2-12(3-5-13)18(19,20)21/h2-9H,1H3. The van der Waals surface area contributed by atoms with E-state index in [4.69, 9.17) is 4.42 Å². The molecule has 0 amide bonds. The molecule has 0 unspecified atom stereocenters. The van der Waals surface area contributed by atoms with Gasteiger partial charge in [0.1, 0.15) is 5.58 Å². The van der Waals surface area contributed by atoms with Crippen LogP contribution in [0.2, 0.25) is 0 Å². The molecule has 1 heterocycles. The van der Waals surface area contributed by atoms with E-state index >= 15 is 0 Å². The van der Waals surface area contributed by atoms with Crippen LogP contribution in [0.5, 0.6) is 0 Å². The number of benzene rings is 2. The lowest BCUT2D eigenvalue weighted by atomic mass is 10.1. The SMILES string of the molecule is CC(=O)c1cc2cc([N+](=O)[O-])ccc2oc1=Nc1ccc(C(F)(F)F)cc1. The maximum absolute atomic E-state index is 12.6. The molecular formula is C18H11F3N2O4. The lowest BCUT2D eigenvalue weighted by molar-refractivity contribution is -0.384. The number of carbonyl (C=O) groups is 1. The Labute approximate surface area is 149 Å². The van der Waals surface area contributed by atoms with E-state index in [-0.39, 0.29) is 28.1 Å². The van der Waals surface area contributed by atoms with E-state index in [1.807, 2.05) is 0 Å². The predicted octanol–water partition coefficient (Wildman–Crippen LogP) is 4.79. The van der Waals surface area contributed by atoms with E-state index in [1.54, 1.807) is 0 Å². The van der Waals surface area contributed by atoms with Crippen molar-refractivity contribution >= 4 is 28.1 Å². The highest BCUT2D eigenvalue weighted by Gasteiger charge is 2.29. The van der Waals surface area contributed by atoms with Crippen molar-refractivity contribution in [3.05, 3.63) is 75.3 Å². The topological polar surface area (TPSA) is 85.7 Å². The number of non-ortho nitro benzene ring substituents is 1. The monoisotopic (exact) mass is 376 g/mol. The highest BCUT2D eigenvalue weighted by atomic mass is 19.4. The van der Waals surface area contributed by atoms with Crippen LogP contribution in [0.25, 0.3) is 11.0 Å². The van der Waals surface area contributed by atoms with Crippen molar-refractivity contribution in [1.82, 2.24) is 0 Å². The van der Waals surface area contributed by atoms with Gasteiger partial charge < -0.3 is 4.42 Å². The van der Waals surface area contributed by atoms with E-state index < -0.39 is 22.4 Å². The highest BCUT2D eigenvalue weighted by molar-refractivity contribution is 5.96. The number of rotatable bonds is 3. The maximum Gasteiger partial charge on any atom is 0.416 e. The van der Waals surface area contributed by atoms with Gasteiger partial charge >= 0.3 is 6.18 Å². The number of hydrogen-bond donors (Lipinski definition) is 0. The molecule has 6 nitrogen and oxygen atoms in total. The summed E-state index contributed by atoms with van der Waals surface area (Å²) in [7, 11) is 0. The third-order valence-corrected chi connectivity index (χ3v) is 3.75. The summed E-state index contributed by atoms with van der Waals surface area (Å²) in [5.41, 5.74) is -0.617. The minimum atomic E-state index is -4.47. The number of alkyl halides is 3. The molecule has 0 N–H and O–H groups in total. The zero-order valence-corrected chi connectivity index (χ0v) is 13.8. The van der Waals surface area contributed by atoms with Gasteiger partial charge in [0.25, 0.3) is 5.69 Å². The van der Waals surface area contributed by atoms with Gasteiger partial charge in [-0.15, -0.1) is 0 Å². The summed E-state index contributed by atoms with van der Waals surface area (Å²) in [6.07, 6.45) is -4.47. The van der Waals surface area contributed by atoms with Crippen molar-refractivity contribution in [2.24, 2.45) is 4.99 Å². The number of halogens is 3. The quantitative estimate of drug-likeness (QED) is 0.373. The molecule has 138 valence electrons. The molecule has 0 saturated carbocycles. The predicted molar refractivity (Wildman–Crippen MR) is 89.5 cm³/mol. The maximum atomic E-state index is 12.6. The Balaban J connectivity index is 2.16. The Morgan fingerprint density at radius 3 is 2.33 bits per heavy atom. The van der Waals surface area contributed by atoms with Crippen molar-refractivity contribution in [1.29, 1.82) is 0 Å². The minimum absolute atomic E-state index is 0.0582. The fourth-order valence-electron chi connectivity index (χ4n) is 2.41. The zero-order chi connectivity index (χ0) is 19.8. The molecule has 3 rings (SSSR count). The lowest BCUT2D eigenvalue weighted by Crippen LogP contribution is -2.13. The van der Waals surface area contributed by atoms with Gasteiger partial charge in [0.15, 0.2) is 5.78 Å². The Morgan fingerprint density at radius 1 is 1.11 bits per heavy atom. The van der Waals surface area contributed by atoms with E-state index in [0.717, 1.165) is 24.3 Å². The van der Waals surface area contributed by atoms with Crippen molar-refractivity contribution in [3.63, 3.8) is 0 Å². The first-order valence-electron chi connectivity index (χ1n) is 7.60. The molecule has 27 heavy (non-hydrogen) atoms. The number of nitrogens with zero attached hydrogens (tertiary/aromatic N) is 2. The van der Waals surface area contributed by atoms with Crippen molar-refractivity contribution < 1.29 is 27.3 Å². The summed E-state index contributed by atoms with van der Waals surface area (Å²) in [5, 5.41) is 11.2. The lowest BCUT2D eigenvalue weighted by Gasteiger charge is -2.06. The second kappa shape index (κ2) is 6.67. The molecule has 0 atom stereocenters. The van der Waals surface area contributed by atoms with Gasteiger partial charge in [0, 0.05) is 17.5 Å². The molecule has 0 aliphatic carbocycles. The first kappa shape index (κ1) is 18.3. The minimum Gasteiger partial charge on any atom is -0.438 e. The van der Waals surface area contributed by atoms with Crippen LogP contribution in [0.1, 0.15) is 22.8 Å². The second-order valence-corrected chi connectivity index (χ2v) is 5.66. The fraction of sp³-hybridized carbons (Fsp3) is 0.111. The molecule has 3 aromatic rings. The molecule has 2 aromatic carbocycles. The molecule has 0 spiro atoms. The summed E-state index contributed by atoms with van der Waals surface area (Å²) in [5.74, 6) is -0.405. The number of carbonyl (C=O) groups excluding carboxylic acids is 1. The van der Waals surface area contributed by atoms with E-state index in [2.05, 4.69) is 4.99 Å². The normalized spacial score (nSPS) is 12.4. The first-order chi connectivity index (χ1) is 12.6. The van der Waals surface area contributed by atoms with Gasteiger partial charge in [-0.2, -0.15) is 13.2 Å². The van der Waals surface area contributed by atoms with Gasteiger partial charge in [0.2, 0.25) is 5.55 Å². The summed E-state index contributed by atoms with van der Waals surface area (Å²) in [4.78, 5) is 26.3. The molecule has 0 aliphatic rings. The molecule has 1 aromatic heterocycles. The summed E-state index contributed by atoms with van der Waals surface area (Å²) in [6.45, 7) is 1.26. The van der Waals surface area contributed by atoms with Crippen LogP contribution in [-0.4, -0.2) is 10.7 Å². The fourth-order valence-corrected chi connectivity index (χ4v) is 2.41. The average Bonchev–Trinajstić information content (AvgIpc) is 2.60. The van der Waals surface area contributed by atoms with Crippen molar-refractivity contribution in [2.75, 3.05) is 0 Å². The molecule has 0 fully saturated rings. The largest absolute Gasteiger partial charge is 0.438 e. The number of fused-ring (bicyclic) bond motifs is 1. The van der Waals surface area contributed by atoms with Gasteiger partial charge in [-0.3, -0.25) is 14.9 Å². The van der Waals surface area contributed by atoms with Crippen LogP contribution in [0.4, 0.5) is 24.5 Å².